The van der Waals surface area contributed by atoms with Crippen LogP contribution >= 0.6 is 11.8 Å². The molecule has 1 unspecified atom stereocenters. The fraction of sp³-hybridized carbons (Fsp3) is 0.625. The monoisotopic (exact) mass is 234 g/mol. The first-order valence-electron chi connectivity index (χ1n) is 4.31. The maximum absolute atomic E-state index is 11.2. The summed E-state index contributed by atoms with van der Waals surface area (Å²) in [7, 11) is 0. The number of amides is 1. The van der Waals surface area contributed by atoms with Crippen molar-refractivity contribution in [2.45, 2.75) is 13.8 Å². The lowest BCUT2D eigenvalue weighted by atomic mass is 10.2. The van der Waals surface area contributed by atoms with Gasteiger partial charge >= 0.3 is 5.97 Å². The number of carbonyl (C=O) groups is 3. The lowest BCUT2D eigenvalue weighted by Gasteiger charge is -2.10. The number of rotatable bonds is 6. The van der Waals surface area contributed by atoms with E-state index in [1.807, 2.05) is 0 Å². The summed E-state index contributed by atoms with van der Waals surface area (Å²) in [4.78, 5) is 32.0. The van der Waals surface area contributed by atoms with Crippen LogP contribution in [0.3, 0.4) is 0 Å². The Bertz CT molecular complexity index is 257. The lowest BCUT2D eigenvalue weighted by molar-refractivity contribution is -0.136. The van der Waals surface area contributed by atoms with Crippen molar-refractivity contribution >= 4 is 28.8 Å². The van der Waals surface area contributed by atoms with E-state index in [1.165, 1.54) is 6.92 Å². The molecule has 0 saturated heterocycles. The smallest absolute Gasteiger partial charge is 0.319 e. The number of thioether (sulfide) groups is 1. The average molecular weight is 234 g/mol. The van der Waals surface area contributed by atoms with E-state index in [4.69, 9.17) is 5.11 Å². The third kappa shape index (κ3) is 7.95. The quantitative estimate of drug-likeness (QED) is 0.542. The number of hydrogen-bond acceptors (Lipinski definition) is 5. The van der Waals surface area contributed by atoms with Gasteiger partial charge in [-0.25, -0.2) is 5.43 Å². The van der Waals surface area contributed by atoms with Crippen LogP contribution in [0.1, 0.15) is 13.8 Å². The Morgan fingerprint density at radius 2 is 2.00 bits per heavy atom. The van der Waals surface area contributed by atoms with Gasteiger partial charge < -0.3 is 5.11 Å². The van der Waals surface area contributed by atoms with Crippen molar-refractivity contribution in [3.05, 3.63) is 0 Å². The van der Waals surface area contributed by atoms with Crippen molar-refractivity contribution in [3.63, 3.8) is 0 Å². The van der Waals surface area contributed by atoms with E-state index in [9.17, 15) is 14.4 Å². The second kappa shape index (κ2) is 7.24. The summed E-state index contributed by atoms with van der Waals surface area (Å²) in [5, 5.41) is 8.23. The molecule has 1 amide bonds. The van der Waals surface area contributed by atoms with Gasteiger partial charge in [0.15, 0.2) is 5.12 Å². The molecule has 0 aromatic heterocycles. The van der Waals surface area contributed by atoms with E-state index >= 15 is 0 Å². The Balaban J connectivity index is 3.69. The number of hydrogen-bond donors (Lipinski definition) is 3. The molecule has 0 spiro atoms. The summed E-state index contributed by atoms with van der Waals surface area (Å²) in [6.07, 6.45) is 0. The van der Waals surface area contributed by atoms with Crippen LogP contribution in [0.4, 0.5) is 0 Å². The van der Waals surface area contributed by atoms with Gasteiger partial charge in [0, 0.05) is 18.6 Å². The SMILES string of the molecule is CC(=O)SCC(C)C(=O)NNCC(=O)O. The zero-order chi connectivity index (χ0) is 11.8. The van der Waals surface area contributed by atoms with Gasteiger partial charge in [-0.3, -0.25) is 19.8 Å². The van der Waals surface area contributed by atoms with Crippen LogP contribution in [-0.2, 0) is 14.4 Å². The van der Waals surface area contributed by atoms with E-state index < -0.39 is 5.97 Å². The van der Waals surface area contributed by atoms with Crippen molar-refractivity contribution in [3.8, 4) is 0 Å². The van der Waals surface area contributed by atoms with Gasteiger partial charge in [0.1, 0.15) is 6.54 Å². The topological polar surface area (TPSA) is 95.5 Å². The molecule has 0 rings (SSSR count). The van der Waals surface area contributed by atoms with Crippen molar-refractivity contribution < 1.29 is 19.5 Å². The van der Waals surface area contributed by atoms with Gasteiger partial charge in [-0.05, 0) is 0 Å². The van der Waals surface area contributed by atoms with Crippen LogP contribution in [0.2, 0.25) is 0 Å². The number of carbonyl (C=O) groups excluding carboxylic acids is 2. The van der Waals surface area contributed by atoms with Gasteiger partial charge in [-0.1, -0.05) is 18.7 Å². The molecule has 15 heavy (non-hydrogen) atoms. The minimum absolute atomic E-state index is 0.0480. The molecule has 0 aliphatic heterocycles. The standard InChI is InChI=1S/C8H14N2O4S/c1-5(4-15-6(2)11)8(14)10-9-3-7(12)13/h5,9H,3-4H2,1-2H3,(H,10,14)(H,12,13). The van der Waals surface area contributed by atoms with Gasteiger partial charge in [0.2, 0.25) is 5.91 Å². The number of nitrogens with one attached hydrogen (secondary N) is 2. The zero-order valence-electron chi connectivity index (χ0n) is 8.57. The van der Waals surface area contributed by atoms with Crippen molar-refractivity contribution in [1.82, 2.24) is 10.9 Å². The maximum Gasteiger partial charge on any atom is 0.319 e. The Hall–Kier alpha value is -1.08. The third-order valence-corrected chi connectivity index (χ3v) is 2.51. The molecule has 0 aliphatic carbocycles. The molecule has 0 fully saturated rings. The summed E-state index contributed by atoms with van der Waals surface area (Å²) in [6.45, 7) is 2.75. The van der Waals surface area contributed by atoms with Crippen molar-refractivity contribution in [2.75, 3.05) is 12.3 Å². The first-order valence-corrected chi connectivity index (χ1v) is 5.30. The number of carboxylic acid groups (broad SMARTS) is 1. The summed E-state index contributed by atoms with van der Waals surface area (Å²) in [5.41, 5.74) is 4.50. The van der Waals surface area contributed by atoms with E-state index in [0.717, 1.165) is 11.8 Å². The van der Waals surface area contributed by atoms with E-state index in [0.29, 0.717) is 5.75 Å². The predicted octanol–water partition coefficient (Wildman–Crippen LogP) is -0.392. The predicted molar refractivity (Wildman–Crippen MR) is 56.1 cm³/mol. The van der Waals surface area contributed by atoms with Crippen LogP contribution in [-0.4, -0.2) is 34.4 Å². The second-order valence-electron chi connectivity index (χ2n) is 2.94. The number of carboxylic acids is 1. The molecular formula is C8H14N2O4S. The minimum atomic E-state index is -1.05. The molecular weight excluding hydrogens is 220 g/mol. The molecule has 0 saturated carbocycles. The summed E-state index contributed by atoms with van der Waals surface area (Å²) in [5.74, 6) is -1.35. The van der Waals surface area contributed by atoms with Crippen molar-refractivity contribution in [1.29, 1.82) is 0 Å². The molecule has 7 heteroatoms. The Kier molecular flexibility index (Phi) is 6.72. The molecule has 0 radical (unpaired) electrons. The molecule has 0 bridgehead atoms. The molecule has 0 aliphatic rings. The van der Waals surface area contributed by atoms with Crippen LogP contribution in [0, 0.1) is 5.92 Å². The van der Waals surface area contributed by atoms with Gasteiger partial charge in [0.05, 0.1) is 0 Å². The third-order valence-electron chi connectivity index (χ3n) is 1.44. The molecule has 86 valence electrons. The molecule has 0 aromatic rings. The number of aliphatic carboxylic acids is 1. The van der Waals surface area contributed by atoms with Gasteiger partial charge in [-0.15, -0.1) is 0 Å². The number of hydrazine groups is 1. The highest BCUT2D eigenvalue weighted by molar-refractivity contribution is 8.13. The first-order chi connectivity index (χ1) is 6.93. The first kappa shape index (κ1) is 13.9. The lowest BCUT2D eigenvalue weighted by Crippen LogP contribution is -2.43. The molecule has 1 atom stereocenters. The van der Waals surface area contributed by atoms with Crippen LogP contribution in [0.5, 0.6) is 0 Å². The van der Waals surface area contributed by atoms with Crippen LogP contribution in [0.15, 0.2) is 0 Å². The largest absolute Gasteiger partial charge is 0.480 e. The van der Waals surface area contributed by atoms with Crippen molar-refractivity contribution in [2.24, 2.45) is 5.92 Å². The summed E-state index contributed by atoms with van der Waals surface area (Å²) in [6, 6.07) is 0. The van der Waals surface area contributed by atoms with E-state index in [1.54, 1.807) is 6.92 Å². The average Bonchev–Trinajstić information content (AvgIpc) is 2.13. The highest BCUT2D eigenvalue weighted by atomic mass is 32.2. The minimum Gasteiger partial charge on any atom is -0.480 e. The molecule has 0 heterocycles. The van der Waals surface area contributed by atoms with Crippen LogP contribution < -0.4 is 10.9 Å². The van der Waals surface area contributed by atoms with E-state index in [-0.39, 0.29) is 23.5 Å². The normalized spacial score (nSPS) is 11.9. The summed E-state index contributed by atoms with van der Waals surface area (Å²) < 4.78 is 0. The van der Waals surface area contributed by atoms with Gasteiger partial charge in [-0.2, -0.15) is 0 Å². The summed E-state index contributed by atoms with van der Waals surface area (Å²) >= 11 is 1.06. The second-order valence-corrected chi connectivity index (χ2v) is 4.14. The fourth-order valence-electron chi connectivity index (χ4n) is 0.648. The van der Waals surface area contributed by atoms with E-state index in [2.05, 4.69) is 10.9 Å². The van der Waals surface area contributed by atoms with Gasteiger partial charge in [0.25, 0.3) is 0 Å². The highest BCUT2D eigenvalue weighted by Crippen LogP contribution is 2.08. The fourth-order valence-corrected chi connectivity index (χ4v) is 1.28. The van der Waals surface area contributed by atoms with Crippen LogP contribution in [0.25, 0.3) is 0 Å². The molecule has 6 nitrogen and oxygen atoms in total. The highest BCUT2D eigenvalue weighted by Gasteiger charge is 2.13. The Morgan fingerprint density at radius 3 is 2.47 bits per heavy atom. The Morgan fingerprint density at radius 1 is 1.40 bits per heavy atom. The Labute approximate surface area is 91.8 Å². The molecule has 3 N–H and O–H groups in total. The molecule has 0 aromatic carbocycles. The zero-order valence-corrected chi connectivity index (χ0v) is 9.39. The maximum atomic E-state index is 11.2.